The summed E-state index contributed by atoms with van der Waals surface area (Å²) in [5.74, 6) is -0.403. The van der Waals surface area contributed by atoms with Crippen LogP contribution in [0, 0.1) is 6.92 Å². The fraction of sp³-hybridized carbons (Fsp3) is 0.231. The molecule has 2 aromatic rings. The highest BCUT2D eigenvalue weighted by molar-refractivity contribution is 7.09. The van der Waals surface area contributed by atoms with E-state index in [1.54, 1.807) is 23.5 Å². The van der Waals surface area contributed by atoms with Gasteiger partial charge in [-0.25, -0.2) is 0 Å². The molecule has 18 heavy (non-hydrogen) atoms. The molecular weight excluding hydrogens is 246 g/mol. The van der Waals surface area contributed by atoms with Crippen molar-refractivity contribution in [2.24, 2.45) is 5.73 Å². The molecule has 0 aliphatic heterocycles. The molecule has 0 saturated heterocycles. The van der Waals surface area contributed by atoms with Gasteiger partial charge in [-0.15, -0.1) is 11.3 Å². The van der Waals surface area contributed by atoms with Gasteiger partial charge in [0.2, 0.25) is 5.91 Å². The number of benzene rings is 1. The van der Waals surface area contributed by atoms with Gasteiger partial charge in [0.25, 0.3) is 0 Å². The fourth-order valence-electron chi connectivity index (χ4n) is 1.72. The molecule has 1 unspecified atom stereocenters. The van der Waals surface area contributed by atoms with Crippen molar-refractivity contribution in [3.05, 3.63) is 45.9 Å². The fourth-order valence-corrected chi connectivity index (χ4v) is 2.35. The number of anilines is 1. The van der Waals surface area contributed by atoms with Crippen LogP contribution in [-0.4, -0.2) is 10.9 Å². The molecule has 2 rings (SSSR count). The number of nitrogens with zero attached hydrogens (tertiary/aromatic N) is 1. The molecule has 94 valence electrons. The van der Waals surface area contributed by atoms with Crippen molar-refractivity contribution < 1.29 is 4.79 Å². The van der Waals surface area contributed by atoms with Crippen molar-refractivity contribution in [1.29, 1.82) is 0 Å². The van der Waals surface area contributed by atoms with Crippen LogP contribution in [0.3, 0.4) is 0 Å². The summed E-state index contributed by atoms with van der Waals surface area (Å²) in [6.07, 6.45) is 1.86. The second-order valence-corrected chi connectivity index (χ2v) is 5.08. The number of carbonyl (C=O) groups excluding carboxylic acids is 1. The third-order valence-corrected chi connectivity index (χ3v) is 3.72. The zero-order valence-corrected chi connectivity index (χ0v) is 11.1. The molecule has 1 heterocycles. The second kappa shape index (κ2) is 5.18. The van der Waals surface area contributed by atoms with Gasteiger partial charge in [0.1, 0.15) is 0 Å². The summed E-state index contributed by atoms with van der Waals surface area (Å²) < 4.78 is 0. The lowest BCUT2D eigenvalue weighted by Gasteiger charge is -2.15. The highest BCUT2D eigenvalue weighted by atomic mass is 32.1. The Labute approximate surface area is 110 Å². The molecule has 0 spiro atoms. The summed E-state index contributed by atoms with van der Waals surface area (Å²) in [6, 6.07) is 5.60. The lowest BCUT2D eigenvalue weighted by molar-refractivity contribution is 0.1000. The molecule has 1 amide bonds. The Morgan fingerprint density at radius 1 is 1.50 bits per heavy atom. The normalized spacial score (nSPS) is 12.1. The number of nitrogens with two attached hydrogens (primary N) is 1. The van der Waals surface area contributed by atoms with Gasteiger partial charge in [0.05, 0.1) is 11.6 Å². The first-order chi connectivity index (χ1) is 8.58. The van der Waals surface area contributed by atoms with Gasteiger partial charge in [-0.1, -0.05) is 0 Å². The molecule has 1 aromatic heterocycles. The summed E-state index contributed by atoms with van der Waals surface area (Å²) in [7, 11) is 0. The van der Waals surface area contributed by atoms with Gasteiger partial charge in [-0.3, -0.25) is 9.78 Å². The number of hydrogen-bond acceptors (Lipinski definition) is 4. The van der Waals surface area contributed by atoms with Crippen molar-refractivity contribution in [1.82, 2.24) is 4.98 Å². The van der Waals surface area contributed by atoms with E-state index in [2.05, 4.69) is 17.2 Å². The number of primary amides is 1. The molecule has 0 saturated carbocycles. The third kappa shape index (κ3) is 2.68. The van der Waals surface area contributed by atoms with Crippen molar-refractivity contribution >= 4 is 22.9 Å². The minimum atomic E-state index is -0.403. The van der Waals surface area contributed by atoms with Crippen LogP contribution in [-0.2, 0) is 0 Å². The van der Waals surface area contributed by atoms with Crippen molar-refractivity contribution in [2.45, 2.75) is 19.9 Å². The maximum Gasteiger partial charge on any atom is 0.248 e. The highest BCUT2D eigenvalue weighted by Gasteiger charge is 2.09. The molecule has 0 fully saturated rings. The average molecular weight is 261 g/mol. The van der Waals surface area contributed by atoms with E-state index in [9.17, 15) is 4.79 Å². The van der Waals surface area contributed by atoms with Crippen LogP contribution in [0.4, 0.5) is 5.69 Å². The van der Waals surface area contributed by atoms with Crippen molar-refractivity contribution in [3.63, 3.8) is 0 Å². The maximum atomic E-state index is 11.1. The highest BCUT2D eigenvalue weighted by Crippen LogP contribution is 2.24. The SMILES string of the molecule is Cc1cc(C(N)=O)ccc1NC(C)c1cncs1. The number of aryl methyl sites for hydroxylation is 1. The Morgan fingerprint density at radius 2 is 2.28 bits per heavy atom. The molecule has 1 aromatic carbocycles. The quantitative estimate of drug-likeness (QED) is 0.889. The molecule has 0 aliphatic carbocycles. The molecule has 0 bridgehead atoms. The number of nitrogens with one attached hydrogen (secondary N) is 1. The van der Waals surface area contributed by atoms with E-state index in [0.29, 0.717) is 5.56 Å². The minimum absolute atomic E-state index is 0.190. The smallest absolute Gasteiger partial charge is 0.248 e. The van der Waals surface area contributed by atoms with Crippen molar-refractivity contribution in [3.8, 4) is 0 Å². The Morgan fingerprint density at radius 3 is 2.83 bits per heavy atom. The number of thiazole rings is 1. The first-order valence-electron chi connectivity index (χ1n) is 5.63. The monoisotopic (exact) mass is 261 g/mol. The number of carbonyl (C=O) groups is 1. The van der Waals surface area contributed by atoms with Gasteiger partial charge in [-0.2, -0.15) is 0 Å². The lowest BCUT2D eigenvalue weighted by atomic mass is 10.1. The maximum absolute atomic E-state index is 11.1. The van der Waals surface area contributed by atoms with Gasteiger partial charge in [0.15, 0.2) is 0 Å². The third-order valence-electron chi connectivity index (χ3n) is 2.76. The molecule has 1 atom stereocenters. The average Bonchev–Trinajstić information content (AvgIpc) is 2.85. The van der Waals surface area contributed by atoms with Gasteiger partial charge >= 0.3 is 0 Å². The van der Waals surface area contributed by atoms with Crippen molar-refractivity contribution in [2.75, 3.05) is 5.32 Å². The zero-order chi connectivity index (χ0) is 13.1. The Balaban J connectivity index is 2.17. The summed E-state index contributed by atoms with van der Waals surface area (Å²) in [5.41, 5.74) is 9.60. The van der Waals surface area contributed by atoms with Crippen LogP contribution in [0.1, 0.15) is 33.8 Å². The van der Waals surface area contributed by atoms with E-state index in [-0.39, 0.29) is 6.04 Å². The first kappa shape index (κ1) is 12.6. The number of rotatable bonds is 4. The molecule has 0 radical (unpaired) electrons. The van der Waals surface area contributed by atoms with E-state index in [4.69, 9.17) is 5.73 Å². The molecule has 3 N–H and O–H groups in total. The van der Waals surface area contributed by atoms with Gasteiger partial charge < -0.3 is 11.1 Å². The molecule has 5 heteroatoms. The van der Waals surface area contributed by atoms with E-state index in [1.807, 2.05) is 24.7 Å². The largest absolute Gasteiger partial charge is 0.377 e. The van der Waals surface area contributed by atoms with Crippen LogP contribution in [0.2, 0.25) is 0 Å². The number of amides is 1. The Hall–Kier alpha value is -1.88. The van der Waals surface area contributed by atoms with Crippen LogP contribution >= 0.6 is 11.3 Å². The summed E-state index contributed by atoms with van der Waals surface area (Å²) in [4.78, 5) is 16.3. The van der Waals surface area contributed by atoms with Crippen LogP contribution in [0.25, 0.3) is 0 Å². The molecular formula is C13H15N3OS. The van der Waals surface area contributed by atoms with E-state index >= 15 is 0 Å². The Kier molecular flexibility index (Phi) is 3.62. The van der Waals surface area contributed by atoms with Gasteiger partial charge in [-0.05, 0) is 37.6 Å². The predicted molar refractivity (Wildman–Crippen MR) is 73.8 cm³/mol. The van der Waals surface area contributed by atoms with Crippen LogP contribution < -0.4 is 11.1 Å². The lowest BCUT2D eigenvalue weighted by Crippen LogP contribution is -2.12. The minimum Gasteiger partial charge on any atom is -0.377 e. The van der Waals surface area contributed by atoms with Gasteiger partial charge in [0, 0.05) is 22.3 Å². The number of aromatic nitrogens is 1. The summed E-state index contributed by atoms with van der Waals surface area (Å²) >= 11 is 1.62. The van der Waals surface area contributed by atoms with E-state index < -0.39 is 5.91 Å². The molecule has 4 nitrogen and oxygen atoms in total. The van der Waals surface area contributed by atoms with Crippen LogP contribution in [0.15, 0.2) is 29.9 Å². The second-order valence-electron chi connectivity index (χ2n) is 4.16. The topological polar surface area (TPSA) is 68.0 Å². The predicted octanol–water partition coefficient (Wildman–Crippen LogP) is 2.72. The summed E-state index contributed by atoms with van der Waals surface area (Å²) in [6.45, 7) is 4.03. The summed E-state index contributed by atoms with van der Waals surface area (Å²) in [5, 5.41) is 3.40. The van der Waals surface area contributed by atoms with Crippen LogP contribution in [0.5, 0.6) is 0 Å². The Bertz CT molecular complexity index is 551. The standard InChI is InChI=1S/C13H15N3OS/c1-8-5-10(13(14)17)3-4-11(8)16-9(2)12-6-15-7-18-12/h3-7,9,16H,1-2H3,(H2,14,17). The van der Waals surface area contributed by atoms with E-state index in [1.165, 1.54) is 4.88 Å². The number of hydrogen-bond donors (Lipinski definition) is 2. The zero-order valence-electron chi connectivity index (χ0n) is 10.3. The molecule has 0 aliphatic rings. The first-order valence-corrected chi connectivity index (χ1v) is 6.51. The van der Waals surface area contributed by atoms with E-state index in [0.717, 1.165) is 11.3 Å².